The molecule has 1 aromatic rings. The second-order valence-electron chi connectivity index (χ2n) is 4.67. The standard InChI is InChI=1S/C14H20O/c1-6-11-8-10(3)13(15)9-12(11)14(4,5)7-2/h6,8-9,15H,1,7H2,2-5H3. The number of aromatic hydroxyl groups is 1. The predicted octanol–water partition coefficient (Wildman–Crippen LogP) is 4.03. The first-order valence-corrected chi connectivity index (χ1v) is 5.39. The molecule has 1 rings (SSSR count). The molecule has 0 unspecified atom stereocenters. The quantitative estimate of drug-likeness (QED) is 0.788. The van der Waals surface area contributed by atoms with Crippen molar-refractivity contribution in [3.63, 3.8) is 0 Å². The van der Waals surface area contributed by atoms with Gasteiger partial charge in [0.15, 0.2) is 0 Å². The van der Waals surface area contributed by atoms with E-state index in [0.717, 1.165) is 17.5 Å². The fourth-order valence-electron chi connectivity index (χ4n) is 1.66. The minimum absolute atomic E-state index is 0.0781. The molecule has 0 aliphatic heterocycles. The van der Waals surface area contributed by atoms with Gasteiger partial charge < -0.3 is 5.11 Å². The number of hydrogen-bond donors (Lipinski definition) is 1. The van der Waals surface area contributed by atoms with Gasteiger partial charge in [-0.15, -0.1) is 0 Å². The largest absolute Gasteiger partial charge is 0.508 e. The molecular formula is C14H20O. The van der Waals surface area contributed by atoms with Gasteiger partial charge in [-0.2, -0.15) is 0 Å². The van der Waals surface area contributed by atoms with Gasteiger partial charge in [0, 0.05) is 0 Å². The Morgan fingerprint density at radius 3 is 2.47 bits per heavy atom. The third-order valence-corrected chi connectivity index (χ3v) is 3.20. The second kappa shape index (κ2) is 4.09. The highest BCUT2D eigenvalue weighted by Crippen LogP contribution is 2.34. The highest BCUT2D eigenvalue weighted by atomic mass is 16.3. The van der Waals surface area contributed by atoms with Crippen LogP contribution in [0.1, 0.15) is 43.9 Å². The van der Waals surface area contributed by atoms with Crippen LogP contribution in [0.2, 0.25) is 0 Å². The summed E-state index contributed by atoms with van der Waals surface area (Å²) in [7, 11) is 0. The van der Waals surface area contributed by atoms with Gasteiger partial charge in [-0.1, -0.05) is 33.4 Å². The Morgan fingerprint density at radius 2 is 2.00 bits per heavy atom. The molecule has 0 aliphatic carbocycles. The van der Waals surface area contributed by atoms with Crippen LogP contribution in [-0.2, 0) is 5.41 Å². The lowest BCUT2D eigenvalue weighted by Gasteiger charge is -2.26. The summed E-state index contributed by atoms with van der Waals surface area (Å²) >= 11 is 0. The van der Waals surface area contributed by atoms with Crippen LogP contribution in [0.15, 0.2) is 18.7 Å². The summed E-state index contributed by atoms with van der Waals surface area (Å²) in [5.41, 5.74) is 3.27. The lowest BCUT2D eigenvalue weighted by molar-refractivity contribution is 0.460. The van der Waals surface area contributed by atoms with E-state index in [0.29, 0.717) is 5.75 Å². The van der Waals surface area contributed by atoms with E-state index in [1.807, 2.05) is 25.1 Å². The molecule has 0 fully saturated rings. The number of aryl methyl sites for hydroxylation is 1. The molecule has 15 heavy (non-hydrogen) atoms. The van der Waals surface area contributed by atoms with Crippen molar-refractivity contribution in [1.29, 1.82) is 0 Å². The van der Waals surface area contributed by atoms with Crippen molar-refractivity contribution in [3.05, 3.63) is 35.4 Å². The summed E-state index contributed by atoms with van der Waals surface area (Å²) in [5, 5.41) is 9.74. The number of hydrogen-bond acceptors (Lipinski definition) is 1. The molecule has 0 saturated carbocycles. The van der Waals surface area contributed by atoms with Crippen LogP contribution in [0.25, 0.3) is 6.08 Å². The smallest absolute Gasteiger partial charge is 0.118 e. The number of phenols is 1. The Morgan fingerprint density at radius 1 is 1.40 bits per heavy atom. The molecule has 82 valence electrons. The van der Waals surface area contributed by atoms with Crippen molar-refractivity contribution in [2.45, 2.75) is 39.5 Å². The van der Waals surface area contributed by atoms with E-state index >= 15 is 0 Å². The fraction of sp³-hybridized carbons (Fsp3) is 0.429. The van der Waals surface area contributed by atoms with Crippen LogP contribution in [0.4, 0.5) is 0 Å². The summed E-state index contributed by atoms with van der Waals surface area (Å²) in [4.78, 5) is 0. The summed E-state index contributed by atoms with van der Waals surface area (Å²) in [6.07, 6.45) is 2.90. The highest BCUT2D eigenvalue weighted by molar-refractivity contribution is 5.58. The Bertz CT molecular complexity index is 375. The minimum atomic E-state index is 0.0781. The highest BCUT2D eigenvalue weighted by Gasteiger charge is 2.21. The van der Waals surface area contributed by atoms with Gasteiger partial charge in [-0.25, -0.2) is 0 Å². The van der Waals surface area contributed by atoms with Crippen LogP contribution in [0, 0.1) is 6.92 Å². The topological polar surface area (TPSA) is 20.2 Å². The van der Waals surface area contributed by atoms with Crippen LogP contribution in [0.3, 0.4) is 0 Å². The fourth-order valence-corrected chi connectivity index (χ4v) is 1.66. The normalized spacial score (nSPS) is 11.5. The molecule has 0 heterocycles. The molecule has 0 spiro atoms. The molecule has 0 radical (unpaired) electrons. The summed E-state index contributed by atoms with van der Waals surface area (Å²) in [6.45, 7) is 12.3. The van der Waals surface area contributed by atoms with E-state index in [4.69, 9.17) is 0 Å². The zero-order valence-corrected chi connectivity index (χ0v) is 10.1. The number of rotatable bonds is 3. The van der Waals surface area contributed by atoms with Gasteiger partial charge in [0.25, 0.3) is 0 Å². The first-order chi connectivity index (χ1) is 6.92. The minimum Gasteiger partial charge on any atom is -0.508 e. The third-order valence-electron chi connectivity index (χ3n) is 3.20. The Balaban J connectivity index is 3.40. The number of phenolic OH excluding ortho intramolecular Hbond substituents is 1. The van der Waals surface area contributed by atoms with Gasteiger partial charge in [0.2, 0.25) is 0 Å². The maximum Gasteiger partial charge on any atom is 0.118 e. The lowest BCUT2D eigenvalue weighted by Crippen LogP contribution is -2.17. The SMILES string of the molecule is C=Cc1cc(C)c(O)cc1C(C)(C)CC. The van der Waals surface area contributed by atoms with Crippen molar-refractivity contribution in [2.24, 2.45) is 0 Å². The van der Waals surface area contributed by atoms with Gasteiger partial charge >= 0.3 is 0 Å². The Labute approximate surface area is 92.5 Å². The molecule has 0 aromatic heterocycles. The van der Waals surface area contributed by atoms with E-state index in [-0.39, 0.29) is 5.41 Å². The zero-order valence-electron chi connectivity index (χ0n) is 10.1. The monoisotopic (exact) mass is 204 g/mol. The second-order valence-corrected chi connectivity index (χ2v) is 4.67. The molecule has 0 amide bonds. The van der Waals surface area contributed by atoms with Crippen molar-refractivity contribution in [1.82, 2.24) is 0 Å². The summed E-state index contributed by atoms with van der Waals surface area (Å²) in [6, 6.07) is 3.87. The molecule has 1 aromatic carbocycles. The van der Waals surface area contributed by atoms with E-state index in [2.05, 4.69) is 27.4 Å². The third kappa shape index (κ3) is 2.23. The van der Waals surface area contributed by atoms with E-state index in [1.54, 1.807) is 0 Å². The molecular weight excluding hydrogens is 184 g/mol. The molecule has 1 N–H and O–H groups in total. The molecule has 0 bridgehead atoms. The van der Waals surface area contributed by atoms with Gasteiger partial charge in [-0.05, 0) is 47.6 Å². The lowest BCUT2D eigenvalue weighted by atomic mass is 9.79. The molecule has 0 aliphatic rings. The van der Waals surface area contributed by atoms with E-state index in [1.165, 1.54) is 5.56 Å². The number of benzene rings is 1. The first kappa shape index (κ1) is 11.8. The van der Waals surface area contributed by atoms with Gasteiger partial charge in [0.05, 0.1) is 0 Å². The van der Waals surface area contributed by atoms with Crippen LogP contribution in [-0.4, -0.2) is 5.11 Å². The summed E-state index contributed by atoms with van der Waals surface area (Å²) in [5.74, 6) is 0.372. The van der Waals surface area contributed by atoms with Crippen molar-refractivity contribution < 1.29 is 5.11 Å². The molecule has 0 saturated heterocycles. The van der Waals surface area contributed by atoms with Crippen LogP contribution >= 0.6 is 0 Å². The van der Waals surface area contributed by atoms with Crippen molar-refractivity contribution >= 4 is 6.08 Å². The predicted molar refractivity (Wildman–Crippen MR) is 66.3 cm³/mol. The Hall–Kier alpha value is -1.24. The van der Waals surface area contributed by atoms with E-state index in [9.17, 15) is 5.11 Å². The maximum absolute atomic E-state index is 9.74. The molecule has 1 heteroatoms. The maximum atomic E-state index is 9.74. The summed E-state index contributed by atoms with van der Waals surface area (Å²) < 4.78 is 0. The van der Waals surface area contributed by atoms with E-state index < -0.39 is 0 Å². The zero-order chi connectivity index (χ0) is 11.6. The average molecular weight is 204 g/mol. The van der Waals surface area contributed by atoms with Crippen LogP contribution in [0.5, 0.6) is 5.75 Å². The average Bonchev–Trinajstić information content (AvgIpc) is 2.21. The van der Waals surface area contributed by atoms with Crippen molar-refractivity contribution in [2.75, 3.05) is 0 Å². The van der Waals surface area contributed by atoms with Crippen molar-refractivity contribution in [3.8, 4) is 5.75 Å². The van der Waals surface area contributed by atoms with Gasteiger partial charge in [0.1, 0.15) is 5.75 Å². The molecule has 1 nitrogen and oxygen atoms in total. The molecule has 0 atom stereocenters. The van der Waals surface area contributed by atoms with Gasteiger partial charge in [-0.3, -0.25) is 0 Å². The van der Waals surface area contributed by atoms with Crippen LogP contribution < -0.4 is 0 Å². The Kier molecular flexibility index (Phi) is 3.23. The first-order valence-electron chi connectivity index (χ1n) is 5.39.